The first-order valence-corrected chi connectivity index (χ1v) is 8.40. The minimum Gasteiger partial charge on any atom is -0.320 e. The third-order valence-corrected chi connectivity index (χ3v) is 4.89. The lowest BCUT2D eigenvalue weighted by molar-refractivity contribution is 0.130. The van der Waals surface area contributed by atoms with Gasteiger partial charge in [-0.1, -0.05) is 38.8 Å². The van der Waals surface area contributed by atoms with Crippen LogP contribution in [0.3, 0.4) is 0 Å². The molecule has 1 aromatic carbocycles. The molecule has 0 amide bonds. The fourth-order valence-corrected chi connectivity index (χ4v) is 3.73. The molecule has 0 saturated carbocycles. The van der Waals surface area contributed by atoms with Gasteiger partial charge in [0.15, 0.2) is 0 Å². The Hall–Kier alpha value is -0.930. The zero-order valence-electron chi connectivity index (χ0n) is 13.4. The monoisotopic (exact) mass is 292 g/mol. The Morgan fingerprint density at radius 2 is 1.81 bits per heavy atom. The molecule has 1 fully saturated rings. The highest BCUT2D eigenvalue weighted by molar-refractivity contribution is 5.27. The van der Waals surface area contributed by atoms with E-state index in [1.165, 1.54) is 12.8 Å². The van der Waals surface area contributed by atoms with Gasteiger partial charge in [-0.2, -0.15) is 0 Å². The third-order valence-electron chi connectivity index (χ3n) is 4.89. The zero-order valence-corrected chi connectivity index (χ0v) is 13.4. The largest absolute Gasteiger partial charge is 0.320 e. The quantitative estimate of drug-likeness (QED) is 0.821. The summed E-state index contributed by atoms with van der Waals surface area (Å²) in [6.07, 6.45) is 6.78. The van der Waals surface area contributed by atoms with E-state index in [1.54, 1.807) is 12.1 Å². The summed E-state index contributed by atoms with van der Waals surface area (Å²) in [6, 6.07) is 7.18. The molecule has 1 saturated heterocycles. The van der Waals surface area contributed by atoms with Crippen LogP contribution < -0.4 is 5.73 Å². The van der Waals surface area contributed by atoms with Crippen LogP contribution in [-0.4, -0.2) is 24.0 Å². The Morgan fingerprint density at radius 3 is 2.33 bits per heavy atom. The number of rotatable bonds is 7. The van der Waals surface area contributed by atoms with E-state index in [-0.39, 0.29) is 11.4 Å². The summed E-state index contributed by atoms with van der Waals surface area (Å²) in [5.41, 5.74) is 7.63. The predicted octanol–water partition coefficient (Wildman–Crippen LogP) is 4.04. The van der Waals surface area contributed by atoms with Gasteiger partial charge in [0, 0.05) is 6.04 Å². The molecule has 1 aromatic rings. The Morgan fingerprint density at radius 1 is 1.19 bits per heavy atom. The van der Waals surface area contributed by atoms with Crippen molar-refractivity contribution in [2.75, 3.05) is 13.1 Å². The van der Waals surface area contributed by atoms with Crippen LogP contribution in [0.4, 0.5) is 4.39 Å². The lowest BCUT2D eigenvalue weighted by Gasteiger charge is -2.43. The summed E-state index contributed by atoms with van der Waals surface area (Å²) in [5, 5.41) is 0. The number of unbranched alkanes of at least 4 members (excludes halogenated alkanes) is 1. The van der Waals surface area contributed by atoms with Crippen LogP contribution in [0.15, 0.2) is 24.3 Å². The SMILES string of the molecule is CCCCC(N)(c1ccc(F)cc1)C(CC)N1CCCC1. The second kappa shape index (κ2) is 7.37. The number of nitrogens with two attached hydrogens (primary N) is 1. The number of likely N-dealkylation sites (tertiary alicyclic amines) is 1. The highest BCUT2D eigenvalue weighted by Gasteiger charge is 2.39. The number of benzene rings is 1. The van der Waals surface area contributed by atoms with Crippen LogP contribution >= 0.6 is 0 Å². The van der Waals surface area contributed by atoms with Crippen molar-refractivity contribution in [3.63, 3.8) is 0 Å². The van der Waals surface area contributed by atoms with E-state index in [4.69, 9.17) is 5.73 Å². The molecule has 0 radical (unpaired) electrons. The molecular weight excluding hydrogens is 263 g/mol. The van der Waals surface area contributed by atoms with Crippen LogP contribution in [0.25, 0.3) is 0 Å². The van der Waals surface area contributed by atoms with Gasteiger partial charge < -0.3 is 5.73 Å². The van der Waals surface area contributed by atoms with Crippen LogP contribution in [0.5, 0.6) is 0 Å². The molecule has 0 spiro atoms. The van der Waals surface area contributed by atoms with Gasteiger partial charge in [-0.3, -0.25) is 4.90 Å². The first kappa shape index (κ1) is 16.4. The molecule has 0 aromatic heterocycles. The second-order valence-corrected chi connectivity index (χ2v) is 6.32. The Labute approximate surface area is 128 Å². The molecular formula is C18H29FN2. The fraction of sp³-hybridized carbons (Fsp3) is 0.667. The molecule has 1 aliphatic heterocycles. The van der Waals surface area contributed by atoms with Gasteiger partial charge in [-0.15, -0.1) is 0 Å². The van der Waals surface area contributed by atoms with Crippen LogP contribution in [0.2, 0.25) is 0 Å². The van der Waals surface area contributed by atoms with Gasteiger partial charge in [-0.05, 0) is 56.5 Å². The molecule has 1 aliphatic rings. The first-order chi connectivity index (χ1) is 10.1. The van der Waals surface area contributed by atoms with E-state index in [9.17, 15) is 4.39 Å². The predicted molar refractivity (Wildman–Crippen MR) is 86.7 cm³/mol. The van der Waals surface area contributed by atoms with E-state index in [2.05, 4.69) is 18.7 Å². The van der Waals surface area contributed by atoms with E-state index in [1.807, 2.05) is 12.1 Å². The molecule has 2 rings (SSSR count). The average Bonchev–Trinajstić information content (AvgIpc) is 3.00. The molecule has 0 aliphatic carbocycles. The Balaban J connectivity index is 2.31. The topological polar surface area (TPSA) is 29.3 Å². The number of nitrogens with zero attached hydrogens (tertiary/aromatic N) is 1. The maximum Gasteiger partial charge on any atom is 0.123 e. The average molecular weight is 292 g/mol. The van der Waals surface area contributed by atoms with Crippen molar-refractivity contribution < 1.29 is 4.39 Å². The van der Waals surface area contributed by atoms with E-state index < -0.39 is 0 Å². The molecule has 21 heavy (non-hydrogen) atoms. The van der Waals surface area contributed by atoms with Gasteiger partial charge in [0.25, 0.3) is 0 Å². The zero-order chi connectivity index (χ0) is 15.3. The summed E-state index contributed by atoms with van der Waals surface area (Å²) < 4.78 is 13.3. The van der Waals surface area contributed by atoms with Crippen molar-refractivity contribution in [2.45, 2.75) is 64.0 Å². The molecule has 0 bridgehead atoms. The highest BCUT2D eigenvalue weighted by Crippen LogP contribution is 2.34. The van der Waals surface area contributed by atoms with Gasteiger partial charge in [-0.25, -0.2) is 4.39 Å². The fourth-order valence-electron chi connectivity index (χ4n) is 3.73. The summed E-state index contributed by atoms with van der Waals surface area (Å²) in [5.74, 6) is -0.189. The van der Waals surface area contributed by atoms with Crippen LogP contribution in [0, 0.1) is 5.82 Å². The van der Waals surface area contributed by atoms with E-state index in [0.29, 0.717) is 6.04 Å². The Bertz CT molecular complexity index is 425. The lowest BCUT2D eigenvalue weighted by Crippen LogP contribution is -2.55. The van der Waals surface area contributed by atoms with Crippen molar-refractivity contribution in [2.24, 2.45) is 5.73 Å². The van der Waals surface area contributed by atoms with Gasteiger partial charge in [0.1, 0.15) is 5.82 Å². The van der Waals surface area contributed by atoms with Gasteiger partial charge in [0.2, 0.25) is 0 Å². The second-order valence-electron chi connectivity index (χ2n) is 6.32. The maximum atomic E-state index is 13.3. The van der Waals surface area contributed by atoms with Gasteiger partial charge in [0.05, 0.1) is 5.54 Å². The lowest BCUT2D eigenvalue weighted by atomic mass is 9.77. The van der Waals surface area contributed by atoms with Crippen molar-refractivity contribution in [1.82, 2.24) is 4.90 Å². The number of hydrogen-bond donors (Lipinski definition) is 1. The van der Waals surface area contributed by atoms with Crippen molar-refractivity contribution in [3.8, 4) is 0 Å². The normalized spacial score (nSPS) is 20.4. The minimum absolute atomic E-state index is 0.189. The van der Waals surface area contributed by atoms with Gasteiger partial charge >= 0.3 is 0 Å². The molecule has 2 unspecified atom stereocenters. The van der Waals surface area contributed by atoms with Crippen molar-refractivity contribution in [3.05, 3.63) is 35.6 Å². The van der Waals surface area contributed by atoms with E-state index in [0.717, 1.165) is 44.3 Å². The van der Waals surface area contributed by atoms with E-state index >= 15 is 0 Å². The molecule has 1 heterocycles. The summed E-state index contributed by atoms with van der Waals surface area (Å²) >= 11 is 0. The minimum atomic E-state index is -0.372. The summed E-state index contributed by atoms with van der Waals surface area (Å²) in [4.78, 5) is 2.54. The molecule has 2 atom stereocenters. The maximum absolute atomic E-state index is 13.3. The number of halogens is 1. The Kier molecular flexibility index (Phi) is 5.77. The molecule has 2 N–H and O–H groups in total. The number of hydrogen-bond acceptors (Lipinski definition) is 2. The van der Waals surface area contributed by atoms with Crippen molar-refractivity contribution >= 4 is 0 Å². The molecule has 118 valence electrons. The molecule has 3 heteroatoms. The van der Waals surface area contributed by atoms with Crippen LogP contribution in [0.1, 0.15) is 57.9 Å². The van der Waals surface area contributed by atoms with Crippen LogP contribution in [-0.2, 0) is 5.54 Å². The third kappa shape index (κ3) is 3.64. The van der Waals surface area contributed by atoms with Crippen molar-refractivity contribution in [1.29, 1.82) is 0 Å². The smallest absolute Gasteiger partial charge is 0.123 e. The molecule has 2 nitrogen and oxygen atoms in total. The first-order valence-electron chi connectivity index (χ1n) is 8.40. The highest BCUT2D eigenvalue weighted by atomic mass is 19.1. The summed E-state index contributed by atoms with van der Waals surface area (Å²) in [7, 11) is 0. The summed E-state index contributed by atoms with van der Waals surface area (Å²) in [6.45, 7) is 6.71. The standard InChI is InChI=1S/C18H29FN2/c1-3-5-12-18(20,15-8-10-16(19)11-9-15)17(4-2)21-13-6-7-14-21/h8-11,17H,3-7,12-14,20H2,1-2H3.